The summed E-state index contributed by atoms with van der Waals surface area (Å²) in [6.07, 6.45) is 3.77. The number of rotatable bonds is 3. The first-order chi connectivity index (χ1) is 8.13. The van der Waals surface area contributed by atoms with Crippen LogP contribution >= 0.6 is 0 Å². The molecule has 1 aromatic rings. The summed E-state index contributed by atoms with van der Waals surface area (Å²) in [6.45, 7) is 1.93. The van der Waals surface area contributed by atoms with Gasteiger partial charge in [-0.3, -0.25) is 0 Å². The Morgan fingerprint density at radius 1 is 1.29 bits per heavy atom. The molecule has 4 N–H and O–H groups in total. The predicted octanol–water partition coefficient (Wildman–Crippen LogP) is 1.18. The number of hydrogen-bond acceptors (Lipinski definition) is 5. The van der Waals surface area contributed by atoms with Gasteiger partial charge in [0.1, 0.15) is 17.5 Å². The van der Waals surface area contributed by atoms with Gasteiger partial charge in [-0.2, -0.15) is 0 Å². The lowest BCUT2D eigenvalue weighted by atomic mass is 9.89. The Balaban J connectivity index is 1.81. The molecular weight excluding hydrogens is 216 g/mol. The molecule has 0 radical (unpaired) electrons. The molecule has 1 aromatic heterocycles. The summed E-state index contributed by atoms with van der Waals surface area (Å²) in [7, 11) is 0. The van der Waals surface area contributed by atoms with Crippen molar-refractivity contribution in [2.45, 2.75) is 50.7 Å². The summed E-state index contributed by atoms with van der Waals surface area (Å²) in [5.41, 5.74) is 6.82. The van der Waals surface area contributed by atoms with Gasteiger partial charge in [-0.15, -0.1) is 0 Å². The minimum atomic E-state index is -0.158. The van der Waals surface area contributed by atoms with E-state index in [1.807, 2.05) is 6.92 Å². The van der Waals surface area contributed by atoms with Gasteiger partial charge in [0, 0.05) is 17.5 Å². The molecule has 5 heteroatoms. The third kappa shape index (κ3) is 2.07. The van der Waals surface area contributed by atoms with Crippen molar-refractivity contribution in [2.75, 3.05) is 11.1 Å². The number of anilines is 2. The van der Waals surface area contributed by atoms with Crippen LogP contribution in [0.25, 0.3) is 0 Å². The number of aliphatic hydroxyl groups excluding tert-OH is 1. The maximum atomic E-state index is 9.28. The number of aliphatic hydroxyl groups is 1. The standard InChI is InChI=1S/C12H18N4O/c1-6-10(13)15-12(7-2-3-7)16-11(6)14-8-4-9(17)5-8/h7-9,17H,2-5H2,1H3,(H3,13,14,15,16). The van der Waals surface area contributed by atoms with Crippen LogP contribution in [0.1, 0.15) is 43.0 Å². The number of aromatic nitrogens is 2. The lowest BCUT2D eigenvalue weighted by molar-refractivity contribution is 0.0835. The molecule has 3 rings (SSSR count). The van der Waals surface area contributed by atoms with Crippen LogP contribution in [0.4, 0.5) is 11.6 Å². The summed E-state index contributed by atoms with van der Waals surface area (Å²) in [4.78, 5) is 8.90. The highest BCUT2D eigenvalue weighted by Crippen LogP contribution is 2.39. The molecule has 0 unspecified atom stereocenters. The van der Waals surface area contributed by atoms with Gasteiger partial charge in [-0.05, 0) is 32.6 Å². The van der Waals surface area contributed by atoms with Crippen molar-refractivity contribution in [1.29, 1.82) is 0 Å². The normalized spacial score (nSPS) is 27.6. The van der Waals surface area contributed by atoms with Gasteiger partial charge >= 0.3 is 0 Å². The molecule has 0 spiro atoms. The van der Waals surface area contributed by atoms with E-state index < -0.39 is 0 Å². The highest BCUT2D eigenvalue weighted by Gasteiger charge is 2.30. The quantitative estimate of drug-likeness (QED) is 0.731. The van der Waals surface area contributed by atoms with Crippen LogP contribution in [0.5, 0.6) is 0 Å². The molecule has 2 aliphatic carbocycles. The fraction of sp³-hybridized carbons (Fsp3) is 0.667. The first-order valence-electron chi connectivity index (χ1n) is 6.22. The lowest BCUT2D eigenvalue weighted by Crippen LogP contribution is -2.39. The molecule has 92 valence electrons. The van der Waals surface area contributed by atoms with Crippen LogP contribution in [0.3, 0.4) is 0 Å². The van der Waals surface area contributed by atoms with E-state index in [9.17, 15) is 5.11 Å². The third-order valence-corrected chi connectivity index (χ3v) is 3.60. The van der Waals surface area contributed by atoms with Crippen molar-refractivity contribution in [3.63, 3.8) is 0 Å². The second-order valence-corrected chi connectivity index (χ2v) is 5.18. The van der Waals surface area contributed by atoms with Crippen LogP contribution in [0.2, 0.25) is 0 Å². The predicted molar refractivity (Wildman–Crippen MR) is 65.8 cm³/mol. The zero-order valence-corrected chi connectivity index (χ0v) is 9.98. The maximum absolute atomic E-state index is 9.28. The van der Waals surface area contributed by atoms with E-state index in [0.29, 0.717) is 17.8 Å². The molecule has 0 saturated heterocycles. The van der Waals surface area contributed by atoms with Crippen LogP contribution in [-0.4, -0.2) is 27.2 Å². The van der Waals surface area contributed by atoms with Crippen molar-refractivity contribution in [3.8, 4) is 0 Å². The Morgan fingerprint density at radius 2 is 2.00 bits per heavy atom. The van der Waals surface area contributed by atoms with Crippen LogP contribution in [0.15, 0.2) is 0 Å². The smallest absolute Gasteiger partial charge is 0.136 e. The van der Waals surface area contributed by atoms with Crippen LogP contribution in [0, 0.1) is 6.92 Å². The second-order valence-electron chi connectivity index (χ2n) is 5.18. The first kappa shape index (κ1) is 10.8. The van der Waals surface area contributed by atoms with Gasteiger partial charge in [0.2, 0.25) is 0 Å². The minimum Gasteiger partial charge on any atom is -0.393 e. The topological polar surface area (TPSA) is 84.1 Å². The first-order valence-corrected chi connectivity index (χ1v) is 6.22. The summed E-state index contributed by atoms with van der Waals surface area (Å²) in [6, 6.07) is 0.324. The highest BCUT2D eigenvalue weighted by atomic mass is 16.3. The Bertz CT molecular complexity index is 438. The molecular formula is C12H18N4O. The van der Waals surface area contributed by atoms with E-state index in [-0.39, 0.29) is 6.10 Å². The Kier molecular flexibility index (Phi) is 2.43. The second kappa shape index (κ2) is 3.84. The van der Waals surface area contributed by atoms with Crippen LogP contribution < -0.4 is 11.1 Å². The molecule has 0 atom stereocenters. The lowest BCUT2D eigenvalue weighted by Gasteiger charge is -2.32. The van der Waals surface area contributed by atoms with Crippen molar-refractivity contribution < 1.29 is 5.11 Å². The maximum Gasteiger partial charge on any atom is 0.136 e. The molecule has 2 fully saturated rings. The van der Waals surface area contributed by atoms with E-state index in [2.05, 4.69) is 15.3 Å². The number of nitrogens with one attached hydrogen (secondary N) is 1. The SMILES string of the molecule is Cc1c(N)nc(C2CC2)nc1NC1CC(O)C1. The van der Waals surface area contributed by atoms with Gasteiger partial charge in [0.15, 0.2) is 0 Å². The molecule has 0 aromatic carbocycles. The van der Waals surface area contributed by atoms with E-state index in [4.69, 9.17) is 5.73 Å². The van der Waals surface area contributed by atoms with E-state index in [1.54, 1.807) is 0 Å². The Labute approximate surface area is 100 Å². The minimum absolute atomic E-state index is 0.158. The molecule has 2 saturated carbocycles. The number of hydrogen-bond donors (Lipinski definition) is 3. The molecule has 5 nitrogen and oxygen atoms in total. The molecule has 2 aliphatic rings. The summed E-state index contributed by atoms with van der Waals surface area (Å²) < 4.78 is 0. The monoisotopic (exact) mass is 234 g/mol. The van der Waals surface area contributed by atoms with Gasteiger partial charge < -0.3 is 16.2 Å². The highest BCUT2D eigenvalue weighted by molar-refractivity contribution is 5.55. The van der Waals surface area contributed by atoms with Gasteiger partial charge in [-0.25, -0.2) is 9.97 Å². The van der Waals surface area contributed by atoms with Gasteiger partial charge in [0.25, 0.3) is 0 Å². The van der Waals surface area contributed by atoms with E-state index in [0.717, 1.165) is 30.0 Å². The molecule has 1 heterocycles. The average molecular weight is 234 g/mol. The van der Waals surface area contributed by atoms with E-state index in [1.165, 1.54) is 12.8 Å². The number of nitrogens with zero attached hydrogens (tertiary/aromatic N) is 2. The van der Waals surface area contributed by atoms with Crippen molar-refractivity contribution in [2.24, 2.45) is 0 Å². The molecule has 0 amide bonds. The Hall–Kier alpha value is -1.36. The number of nitrogen functional groups attached to an aromatic ring is 1. The number of nitrogens with two attached hydrogens (primary N) is 1. The van der Waals surface area contributed by atoms with E-state index >= 15 is 0 Å². The Morgan fingerprint density at radius 3 is 2.59 bits per heavy atom. The molecule has 0 aliphatic heterocycles. The zero-order valence-electron chi connectivity index (χ0n) is 9.98. The van der Waals surface area contributed by atoms with Crippen molar-refractivity contribution in [1.82, 2.24) is 9.97 Å². The third-order valence-electron chi connectivity index (χ3n) is 3.60. The fourth-order valence-corrected chi connectivity index (χ4v) is 2.12. The molecule has 0 bridgehead atoms. The summed E-state index contributed by atoms with van der Waals surface area (Å²) in [5, 5.41) is 12.6. The van der Waals surface area contributed by atoms with Gasteiger partial charge in [0.05, 0.1) is 6.10 Å². The fourth-order valence-electron chi connectivity index (χ4n) is 2.12. The zero-order chi connectivity index (χ0) is 12.0. The largest absolute Gasteiger partial charge is 0.393 e. The summed E-state index contributed by atoms with van der Waals surface area (Å²) >= 11 is 0. The van der Waals surface area contributed by atoms with Gasteiger partial charge in [-0.1, -0.05) is 0 Å². The van der Waals surface area contributed by atoms with Crippen LogP contribution in [-0.2, 0) is 0 Å². The summed E-state index contributed by atoms with van der Waals surface area (Å²) in [5.74, 6) is 2.79. The average Bonchev–Trinajstić information content (AvgIpc) is 3.05. The van der Waals surface area contributed by atoms with Crippen molar-refractivity contribution >= 4 is 11.6 Å². The van der Waals surface area contributed by atoms with Crippen molar-refractivity contribution in [3.05, 3.63) is 11.4 Å². The molecule has 17 heavy (non-hydrogen) atoms.